The molecule has 0 spiro atoms. The maximum absolute atomic E-state index is 9.32. The molecule has 2 N–H and O–H groups in total. The number of phenolic OH excluding ortho intramolecular Hbond substituents is 1. The minimum absolute atomic E-state index is 0.129. The summed E-state index contributed by atoms with van der Waals surface area (Å²) in [4.78, 5) is 2.23. The number of nitrogens with one attached hydrogen (secondary N) is 1. The number of nitrogens with zero attached hydrogens (tertiary/aromatic N) is 1. The third-order valence-electron chi connectivity index (χ3n) is 3.70. The highest BCUT2D eigenvalue weighted by Gasteiger charge is 2.21. The van der Waals surface area contributed by atoms with Gasteiger partial charge in [0.05, 0.1) is 0 Å². The third-order valence-corrected chi connectivity index (χ3v) is 3.70. The molecule has 3 nitrogen and oxygen atoms in total. The minimum Gasteiger partial charge on any atom is -0.508 e. The molecule has 0 fully saturated rings. The molecule has 0 aromatic heterocycles. The quantitative estimate of drug-likeness (QED) is 0.815. The number of phenols is 1. The van der Waals surface area contributed by atoms with Crippen LogP contribution in [0.2, 0.25) is 0 Å². The Morgan fingerprint density at radius 2 is 1.78 bits per heavy atom. The summed E-state index contributed by atoms with van der Waals surface area (Å²) in [6.45, 7) is 7.56. The first kappa shape index (κ1) is 15.0. The number of aromatic hydroxyl groups is 1. The fraction of sp³-hybridized carbons (Fsp3) is 0.600. The summed E-state index contributed by atoms with van der Waals surface area (Å²) in [6, 6.07) is 7.80. The van der Waals surface area contributed by atoms with Crippen LogP contribution in [-0.4, -0.2) is 36.2 Å². The van der Waals surface area contributed by atoms with Crippen LogP contribution in [0.5, 0.6) is 5.75 Å². The smallest absolute Gasteiger partial charge is 0.115 e. The second kappa shape index (κ2) is 6.21. The van der Waals surface area contributed by atoms with Crippen LogP contribution in [0.1, 0.15) is 38.8 Å². The Morgan fingerprint density at radius 1 is 1.22 bits per heavy atom. The van der Waals surface area contributed by atoms with Crippen molar-refractivity contribution < 1.29 is 5.11 Å². The van der Waals surface area contributed by atoms with Gasteiger partial charge in [0, 0.05) is 18.1 Å². The maximum atomic E-state index is 9.32. The fourth-order valence-corrected chi connectivity index (χ4v) is 1.74. The highest BCUT2D eigenvalue weighted by atomic mass is 16.3. The van der Waals surface area contributed by atoms with E-state index in [1.54, 1.807) is 12.1 Å². The van der Waals surface area contributed by atoms with Gasteiger partial charge in [0.25, 0.3) is 0 Å². The van der Waals surface area contributed by atoms with Gasteiger partial charge in [-0.3, -0.25) is 0 Å². The van der Waals surface area contributed by atoms with Crippen molar-refractivity contribution in [2.45, 2.75) is 38.8 Å². The van der Waals surface area contributed by atoms with Gasteiger partial charge in [-0.1, -0.05) is 19.1 Å². The highest BCUT2D eigenvalue weighted by Crippen LogP contribution is 2.20. The maximum Gasteiger partial charge on any atom is 0.115 e. The molecule has 1 unspecified atom stereocenters. The molecule has 102 valence electrons. The van der Waals surface area contributed by atoms with Crippen LogP contribution >= 0.6 is 0 Å². The monoisotopic (exact) mass is 250 g/mol. The molecule has 0 aliphatic heterocycles. The van der Waals surface area contributed by atoms with Crippen LogP contribution in [0.25, 0.3) is 0 Å². The number of benzene rings is 1. The molecule has 1 aromatic carbocycles. The van der Waals surface area contributed by atoms with Crippen LogP contribution in [0.15, 0.2) is 24.3 Å². The molecule has 1 atom stereocenters. The lowest BCUT2D eigenvalue weighted by molar-refractivity contribution is 0.183. The summed E-state index contributed by atoms with van der Waals surface area (Å²) in [6.07, 6.45) is 1.04. The Kier molecular flexibility index (Phi) is 5.17. The first-order valence-electron chi connectivity index (χ1n) is 6.56. The van der Waals surface area contributed by atoms with Gasteiger partial charge in [-0.15, -0.1) is 0 Å². The molecule has 0 amide bonds. The Labute approximate surface area is 111 Å². The van der Waals surface area contributed by atoms with E-state index >= 15 is 0 Å². The van der Waals surface area contributed by atoms with Gasteiger partial charge in [-0.05, 0) is 52.1 Å². The van der Waals surface area contributed by atoms with Gasteiger partial charge in [-0.25, -0.2) is 0 Å². The first-order valence-corrected chi connectivity index (χ1v) is 6.56. The SMILES string of the molecule is CCC(NCC(C)(C)N(C)C)c1ccc(O)cc1. The summed E-state index contributed by atoms with van der Waals surface area (Å²) in [7, 11) is 4.20. The van der Waals surface area contributed by atoms with Gasteiger partial charge < -0.3 is 15.3 Å². The second-order valence-electron chi connectivity index (χ2n) is 5.64. The van der Waals surface area contributed by atoms with E-state index in [1.165, 1.54) is 5.56 Å². The van der Waals surface area contributed by atoms with Crippen molar-refractivity contribution in [1.82, 2.24) is 10.2 Å². The lowest BCUT2D eigenvalue weighted by Crippen LogP contribution is -2.47. The van der Waals surface area contributed by atoms with Gasteiger partial charge in [0.15, 0.2) is 0 Å². The van der Waals surface area contributed by atoms with Crippen molar-refractivity contribution in [3.05, 3.63) is 29.8 Å². The van der Waals surface area contributed by atoms with E-state index in [0.717, 1.165) is 13.0 Å². The molecule has 1 rings (SSSR count). The summed E-state index contributed by atoms with van der Waals surface area (Å²) in [5, 5.41) is 12.9. The van der Waals surface area contributed by atoms with E-state index in [9.17, 15) is 5.11 Å². The normalized spacial score (nSPS) is 13.9. The molecular weight excluding hydrogens is 224 g/mol. The van der Waals surface area contributed by atoms with Crippen LogP contribution in [-0.2, 0) is 0 Å². The largest absolute Gasteiger partial charge is 0.508 e. The molecule has 18 heavy (non-hydrogen) atoms. The van der Waals surface area contributed by atoms with Crippen molar-refractivity contribution in [2.24, 2.45) is 0 Å². The topological polar surface area (TPSA) is 35.5 Å². The second-order valence-corrected chi connectivity index (χ2v) is 5.64. The molecule has 0 heterocycles. The zero-order valence-electron chi connectivity index (χ0n) is 12.2. The van der Waals surface area contributed by atoms with Crippen LogP contribution in [0, 0.1) is 0 Å². The Morgan fingerprint density at radius 3 is 2.22 bits per heavy atom. The van der Waals surface area contributed by atoms with Crippen molar-refractivity contribution in [2.75, 3.05) is 20.6 Å². The standard InChI is InChI=1S/C15H26N2O/c1-6-14(12-7-9-13(18)10-8-12)16-11-15(2,3)17(4)5/h7-10,14,16,18H,6,11H2,1-5H3. The van der Waals surface area contributed by atoms with Crippen LogP contribution in [0.4, 0.5) is 0 Å². The van der Waals surface area contributed by atoms with E-state index in [2.05, 4.69) is 45.1 Å². The Hall–Kier alpha value is -1.06. The predicted octanol–water partition coefficient (Wildman–Crippen LogP) is 2.77. The van der Waals surface area contributed by atoms with E-state index in [0.29, 0.717) is 11.8 Å². The Bertz CT molecular complexity index is 357. The van der Waals surface area contributed by atoms with E-state index < -0.39 is 0 Å². The average Bonchev–Trinajstić information content (AvgIpc) is 2.31. The zero-order chi connectivity index (χ0) is 13.8. The van der Waals surface area contributed by atoms with E-state index in [1.807, 2.05) is 12.1 Å². The molecule has 0 bridgehead atoms. The first-order chi connectivity index (χ1) is 8.36. The van der Waals surface area contributed by atoms with Crippen molar-refractivity contribution in [3.8, 4) is 5.75 Å². The van der Waals surface area contributed by atoms with Gasteiger partial charge in [0.2, 0.25) is 0 Å². The third kappa shape index (κ3) is 4.00. The number of rotatable bonds is 6. The van der Waals surface area contributed by atoms with Gasteiger partial charge in [-0.2, -0.15) is 0 Å². The molecule has 0 radical (unpaired) electrons. The molecule has 0 saturated carbocycles. The number of hydrogen-bond donors (Lipinski definition) is 2. The lowest BCUT2D eigenvalue weighted by atomic mass is 10.0. The number of hydrogen-bond acceptors (Lipinski definition) is 3. The molecule has 3 heteroatoms. The van der Waals surface area contributed by atoms with E-state index in [-0.39, 0.29) is 5.54 Å². The summed E-state index contributed by atoms with van der Waals surface area (Å²) in [5.74, 6) is 0.322. The number of likely N-dealkylation sites (N-methyl/N-ethyl adjacent to an activating group) is 1. The minimum atomic E-state index is 0.129. The van der Waals surface area contributed by atoms with Crippen molar-refractivity contribution in [1.29, 1.82) is 0 Å². The molecular formula is C15H26N2O. The van der Waals surface area contributed by atoms with Gasteiger partial charge in [0.1, 0.15) is 5.75 Å². The van der Waals surface area contributed by atoms with Crippen molar-refractivity contribution in [3.63, 3.8) is 0 Å². The summed E-state index contributed by atoms with van der Waals surface area (Å²) in [5.41, 5.74) is 1.36. The molecule has 0 saturated heterocycles. The van der Waals surface area contributed by atoms with Crippen LogP contribution < -0.4 is 5.32 Å². The summed E-state index contributed by atoms with van der Waals surface area (Å²) >= 11 is 0. The van der Waals surface area contributed by atoms with E-state index in [4.69, 9.17) is 0 Å². The molecule has 1 aromatic rings. The molecule has 0 aliphatic rings. The molecule has 0 aliphatic carbocycles. The zero-order valence-corrected chi connectivity index (χ0v) is 12.2. The van der Waals surface area contributed by atoms with Crippen molar-refractivity contribution >= 4 is 0 Å². The Balaban J connectivity index is 2.66. The summed E-state index contributed by atoms with van der Waals surface area (Å²) < 4.78 is 0. The van der Waals surface area contributed by atoms with Gasteiger partial charge >= 0.3 is 0 Å². The van der Waals surface area contributed by atoms with Crippen LogP contribution in [0.3, 0.4) is 0 Å². The fourth-order valence-electron chi connectivity index (χ4n) is 1.74. The lowest BCUT2D eigenvalue weighted by Gasteiger charge is -2.34. The average molecular weight is 250 g/mol. The highest BCUT2D eigenvalue weighted by molar-refractivity contribution is 5.28. The predicted molar refractivity (Wildman–Crippen MR) is 76.9 cm³/mol.